The van der Waals surface area contributed by atoms with E-state index in [2.05, 4.69) is 4.98 Å². The van der Waals surface area contributed by atoms with E-state index in [0.717, 1.165) is 13.0 Å². The summed E-state index contributed by atoms with van der Waals surface area (Å²) < 4.78 is 44.9. The van der Waals surface area contributed by atoms with Gasteiger partial charge in [-0.3, -0.25) is 4.79 Å². The predicted octanol–water partition coefficient (Wildman–Crippen LogP) is 1.05. The average molecular weight is 412 g/mol. The molecule has 8 nitrogen and oxygen atoms in total. The first kappa shape index (κ1) is 20.7. The van der Waals surface area contributed by atoms with Gasteiger partial charge in [-0.05, 0) is 25.3 Å². The minimum atomic E-state index is -3.66. The average Bonchev–Trinajstić information content (AvgIpc) is 3.15. The van der Waals surface area contributed by atoms with Crippen molar-refractivity contribution in [2.45, 2.75) is 36.6 Å². The first-order valence-corrected chi connectivity index (χ1v) is 10.8. The third-order valence-electron chi connectivity index (χ3n) is 5.14. The number of pyridine rings is 1. The van der Waals surface area contributed by atoms with Crippen LogP contribution in [0.25, 0.3) is 0 Å². The summed E-state index contributed by atoms with van der Waals surface area (Å²) in [7, 11) is -3.66. The summed E-state index contributed by atoms with van der Waals surface area (Å²) >= 11 is 0. The van der Waals surface area contributed by atoms with Crippen LogP contribution in [-0.2, 0) is 14.8 Å². The smallest absolute Gasteiger partial charge is 0.244 e. The molecule has 3 heterocycles. The van der Waals surface area contributed by atoms with E-state index in [1.165, 1.54) is 22.6 Å². The first-order chi connectivity index (χ1) is 13.5. The van der Waals surface area contributed by atoms with Crippen molar-refractivity contribution in [2.75, 3.05) is 32.8 Å². The number of nitrogens with zero attached hydrogens (tertiary/aromatic N) is 3. The molecule has 3 rings (SSSR count). The monoisotopic (exact) mass is 412 g/mol. The SMILES string of the molecule is NC/C(=C\F)COc1ccc(S(=O)(=O)N2CCC(N3CCCC3=O)CC2)cn1. The highest BCUT2D eigenvalue weighted by molar-refractivity contribution is 7.89. The highest BCUT2D eigenvalue weighted by atomic mass is 32.2. The summed E-state index contributed by atoms with van der Waals surface area (Å²) in [6.45, 7) is 1.49. The number of halogens is 1. The number of amides is 1. The molecule has 0 unspecified atom stereocenters. The van der Waals surface area contributed by atoms with Crippen molar-refractivity contribution in [2.24, 2.45) is 5.73 Å². The van der Waals surface area contributed by atoms with Crippen LogP contribution in [0.2, 0.25) is 0 Å². The van der Waals surface area contributed by atoms with E-state index in [0.29, 0.717) is 38.7 Å². The van der Waals surface area contributed by atoms with Gasteiger partial charge < -0.3 is 15.4 Å². The Labute approximate surface area is 164 Å². The summed E-state index contributed by atoms with van der Waals surface area (Å²) in [5.74, 6) is 0.361. The topological polar surface area (TPSA) is 106 Å². The number of sulfonamides is 1. The summed E-state index contributed by atoms with van der Waals surface area (Å²) in [6.07, 6.45) is 4.37. The van der Waals surface area contributed by atoms with Crippen LogP contribution in [0.5, 0.6) is 5.88 Å². The number of ether oxygens (including phenoxy) is 1. The highest BCUT2D eigenvalue weighted by Crippen LogP contribution is 2.26. The molecule has 154 valence electrons. The van der Waals surface area contributed by atoms with Gasteiger partial charge in [-0.1, -0.05) is 0 Å². The van der Waals surface area contributed by atoms with E-state index in [1.807, 2.05) is 4.90 Å². The maximum atomic E-state index is 12.8. The molecule has 0 spiro atoms. The Hall–Kier alpha value is -2.04. The van der Waals surface area contributed by atoms with Gasteiger partial charge in [0.25, 0.3) is 0 Å². The molecule has 0 bridgehead atoms. The lowest BCUT2D eigenvalue weighted by Gasteiger charge is -2.36. The van der Waals surface area contributed by atoms with Gasteiger partial charge in [0.2, 0.25) is 21.8 Å². The summed E-state index contributed by atoms with van der Waals surface area (Å²) in [5.41, 5.74) is 5.63. The van der Waals surface area contributed by atoms with Crippen molar-refractivity contribution in [1.29, 1.82) is 0 Å². The molecule has 2 saturated heterocycles. The zero-order chi connectivity index (χ0) is 20.1. The minimum absolute atomic E-state index is 0.0297. The second-order valence-electron chi connectivity index (χ2n) is 6.92. The van der Waals surface area contributed by atoms with Crippen LogP contribution in [0.3, 0.4) is 0 Å². The second kappa shape index (κ2) is 8.97. The van der Waals surface area contributed by atoms with E-state index >= 15 is 0 Å². The van der Waals surface area contributed by atoms with Crippen LogP contribution in [0.4, 0.5) is 4.39 Å². The number of rotatable bonds is 7. The molecule has 2 fully saturated rings. The van der Waals surface area contributed by atoms with E-state index < -0.39 is 10.0 Å². The molecule has 0 radical (unpaired) electrons. The predicted molar refractivity (Wildman–Crippen MR) is 101 cm³/mol. The third kappa shape index (κ3) is 4.50. The Balaban J connectivity index is 1.59. The first-order valence-electron chi connectivity index (χ1n) is 9.32. The van der Waals surface area contributed by atoms with E-state index in [-0.39, 0.29) is 41.4 Å². The summed E-state index contributed by atoms with van der Waals surface area (Å²) in [6, 6.07) is 2.99. The summed E-state index contributed by atoms with van der Waals surface area (Å²) in [5, 5.41) is 0. The van der Waals surface area contributed by atoms with E-state index in [1.54, 1.807) is 0 Å². The minimum Gasteiger partial charge on any atom is -0.473 e. The van der Waals surface area contributed by atoms with Gasteiger partial charge >= 0.3 is 0 Å². The molecule has 0 atom stereocenters. The number of nitrogens with two attached hydrogens (primary N) is 1. The lowest BCUT2D eigenvalue weighted by Crippen LogP contribution is -2.47. The standard InChI is InChI=1S/C18H25FN4O4S/c19-10-14(11-20)13-27-17-4-3-16(12-21-17)28(25,26)22-8-5-15(6-9-22)23-7-1-2-18(23)24/h3-4,10,12,15H,1-2,5-9,11,13,20H2/b14-10+. The van der Waals surface area contributed by atoms with E-state index in [9.17, 15) is 17.6 Å². The number of piperidine rings is 1. The molecule has 2 aliphatic heterocycles. The third-order valence-corrected chi connectivity index (χ3v) is 7.03. The Morgan fingerprint density at radius 1 is 1.32 bits per heavy atom. The molecular formula is C18H25FN4O4S. The number of carbonyl (C=O) groups excluding carboxylic acids is 1. The van der Waals surface area contributed by atoms with Gasteiger partial charge in [-0.25, -0.2) is 17.8 Å². The van der Waals surface area contributed by atoms with Crippen molar-refractivity contribution in [1.82, 2.24) is 14.2 Å². The van der Waals surface area contributed by atoms with Crippen molar-refractivity contribution in [3.63, 3.8) is 0 Å². The van der Waals surface area contributed by atoms with Gasteiger partial charge in [-0.15, -0.1) is 0 Å². The number of hydrogen-bond acceptors (Lipinski definition) is 6. The van der Waals surface area contributed by atoms with Crippen molar-refractivity contribution >= 4 is 15.9 Å². The highest BCUT2D eigenvalue weighted by Gasteiger charge is 2.34. The van der Waals surface area contributed by atoms with Gasteiger partial charge in [-0.2, -0.15) is 4.31 Å². The maximum Gasteiger partial charge on any atom is 0.244 e. The normalized spacial score (nSPS) is 20.0. The Morgan fingerprint density at radius 2 is 2.07 bits per heavy atom. The largest absolute Gasteiger partial charge is 0.473 e. The fraction of sp³-hybridized carbons (Fsp3) is 0.556. The molecule has 2 N–H and O–H groups in total. The molecule has 1 amide bonds. The Morgan fingerprint density at radius 3 is 2.61 bits per heavy atom. The Kier molecular flexibility index (Phi) is 6.63. The lowest BCUT2D eigenvalue weighted by atomic mass is 10.1. The van der Waals surface area contributed by atoms with E-state index in [4.69, 9.17) is 10.5 Å². The van der Waals surface area contributed by atoms with Gasteiger partial charge in [0.1, 0.15) is 11.5 Å². The van der Waals surface area contributed by atoms with Crippen molar-refractivity contribution in [3.8, 4) is 5.88 Å². The molecule has 0 saturated carbocycles. The van der Waals surface area contributed by atoms with Crippen molar-refractivity contribution in [3.05, 3.63) is 30.2 Å². The van der Waals surface area contributed by atoms with Gasteiger partial charge in [0.15, 0.2) is 0 Å². The molecule has 0 aliphatic carbocycles. The molecule has 2 aliphatic rings. The van der Waals surface area contributed by atoms with Crippen molar-refractivity contribution < 1.29 is 22.3 Å². The zero-order valence-electron chi connectivity index (χ0n) is 15.6. The molecule has 10 heteroatoms. The number of hydrogen-bond donors (Lipinski definition) is 1. The fourth-order valence-corrected chi connectivity index (χ4v) is 4.92. The lowest BCUT2D eigenvalue weighted by molar-refractivity contribution is -0.130. The van der Waals surface area contributed by atoms with Crippen LogP contribution >= 0.6 is 0 Å². The Bertz CT molecular complexity index is 820. The maximum absolute atomic E-state index is 12.8. The van der Waals surface area contributed by atoms with Gasteiger partial charge in [0, 0.05) is 50.3 Å². The number of carbonyl (C=O) groups is 1. The fourth-order valence-electron chi connectivity index (χ4n) is 3.50. The quantitative estimate of drug-likeness (QED) is 0.718. The molecule has 1 aromatic heterocycles. The molecule has 28 heavy (non-hydrogen) atoms. The molecule has 0 aromatic carbocycles. The van der Waals surface area contributed by atoms with Crippen LogP contribution in [-0.4, -0.2) is 67.3 Å². The molecular weight excluding hydrogens is 387 g/mol. The number of aromatic nitrogens is 1. The van der Waals surface area contributed by atoms with Crippen LogP contribution in [0.1, 0.15) is 25.7 Å². The van der Waals surface area contributed by atoms with Gasteiger partial charge in [0.05, 0.1) is 12.5 Å². The zero-order valence-corrected chi connectivity index (χ0v) is 16.4. The van der Waals surface area contributed by atoms with Crippen LogP contribution in [0, 0.1) is 0 Å². The number of likely N-dealkylation sites (tertiary alicyclic amines) is 1. The van der Waals surface area contributed by atoms with Crippen LogP contribution < -0.4 is 10.5 Å². The second-order valence-corrected chi connectivity index (χ2v) is 8.86. The van der Waals surface area contributed by atoms with Crippen LogP contribution in [0.15, 0.2) is 35.1 Å². The molecule has 1 aromatic rings. The summed E-state index contributed by atoms with van der Waals surface area (Å²) in [4.78, 5) is 17.8.